The van der Waals surface area contributed by atoms with Crippen LogP contribution in [-0.2, 0) is 0 Å². The molecular formula is C19H18ClNO. The molecule has 1 aliphatic heterocycles. The maximum atomic E-state index is 12.6. The fraction of sp³-hybridized carbons (Fsp3) is 0.211. The van der Waals surface area contributed by atoms with Crippen molar-refractivity contribution in [2.24, 2.45) is 0 Å². The molecule has 0 spiro atoms. The largest absolute Gasteiger partial charge is 0.371 e. The van der Waals surface area contributed by atoms with E-state index in [1.54, 1.807) is 30.3 Å². The molecule has 1 aliphatic rings. The second-order valence-corrected chi connectivity index (χ2v) is 5.90. The number of rotatable bonds is 4. The van der Waals surface area contributed by atoms with Crippen molar-refractivity contribution in [3.63, 3.8) is 0 Å². The Morgan fingerprint density at radius 2 is 1.64 bits per heavy atom. The van der Waals surface area contributed by atoms with Gasteiger partial charge in [0.15, 0.2) is 5.78 Å². The molecule has 1 heterocycles. The summed E-state index contributed by atoms with van der Waals surface area (Å²) in [6.45, 7) is 2.01. The number of ketones is 1. The quantitative estimate of drug-likeness (QED) is 0.604. The molecule has 3 rings (SSSR count). The van der Waals surface area contributed by atoms with Gasteiger partial charge in [-0.05, 0) is 30.5 Å². The third-order valence-electron chi connectivity index (χ3n) is 3.89. The van der Waals surface area contributed by atoms with E-state index in [2.05, 4.69) is 17.0 Å². The molecule has 0 unspecified atom stereocenters. The summed E-state index contributed by atoms with van der Waals surface area (Å²) in [4.78, 5) is 14.9. The maximum absolute atomic E-state index is 12.6. The van der Waals surface area contributed by atoms with Gasteiger partial charge in [-0.3, -0.25) is 4.79 Å². The lowest BCUT2D eigenvalue weighted by molar-refractivity contribution is 0.104. The van der Waals surface area contributed by atoms with Gasteiger partial charge in [-0.25, -0.2) is 0 Å². The molecule has 2 aromatic carbocycles. The normalized spacial score (nSPS) is 15.1. The molecule has 2 nitrogen and oxygen atoms in total. The van der Waals surface area contributed by atoms with Crippen LogP contribution in [0.25, 0.3) is 5.70 Å². The first-order chi connectivity index (χ1) is 10.7. The van der Waals surface area contributed by atoms with Gasteiger partial charge in [0.05, 0.1) is 0 Å². The van der Waals surface area contributed by atoms with Gasteiger partial charge in [-0.1, -0.05) is 54.1 Å². The summed E-state index contributed by atoms with van der Waals surface area (Å²) >= 11 is 5.99. The van der Waals surface area contributed by atoms with E-state index in [9.17, 15) is 4.79 Å². The minimum Gasteiger partial charge on any atom is -0.371 e. The first-order valence-electron chi connectivity index (χ1n) is 7.56. The number of allylic oxidation sites excluding steroid dienone is 1. The zero-order valence-electron chi connectivity index (χ0n) is 12.3. The Hall–Kier alpha value is -2.06. The van der Waals surface area contributed by atoms with Crippen molar-refractivity contribution < 1.29 is 4.79 Å². The third-order valence-corrected chi connectivity index (χ3v) is 4.13. The summed E-state index contributed by atoms with van der Waals surface area (Å²) < 4.78 is 0. The average molecular weight is 312 g/mol. The predicted molar refractivity (Wildman–Crippen MR) is 91.0 cm³/mol. The van der Waals surface area contributed by atoms with Gasteiger partial charge in [-0.2, -0.15) is 0 Å². The molecule has 2 aromatic rings. The minimum atomic E-state index is -0.00625. The number of carbonyl (C=O) groups is 1. The van der Waals surface area contributed by atoms with E-state index in [1.165, 1.54) is 12.8 Å². The number of halogens is 1. The van der Waals surface area contributed by atoms with Gasteiger partial charge < -0.3 is 4.90 Å². The molecule has 1 fully saturated rings. The summed E-state index contributed by atoms with van der Waals surface area (Å²) in [5.41, 5.74) is 2.71. The Balaban J connectivity index is 1.96. The van der Waals surface area contributed by atoms with Crippen LogP contribution in [0.1, 0.15) is 28.8 Å². The van der Waals surface area contributed by atoms with Crippen molar-refractivity contribution in [2.45, 2.75) is 12.8 Å². The van der Waals surface area contributed by atoms with E-state index in [0.29, 0.717) is 10.6 Å². The molecule has 1 saturated heterocycles. The number of benzene rings is 2. The lowest BCUT2D eigenvalue weighted by Gasteiger charge is -2.21. The molecule has 0 amide bonds. The standard InChI is InChI=1S/C19H18ClNO/c20-17-10-6-9-16(13-17)19(22)14-18(21-11-4-5-12-21)15-7-2-1-3-8-15/h1-3,6-10,13-14H,4-5,11-12H2/b18-14-. The van der Waals surface area contributed by atoms with Crippen LogP contribution in [0.3, 0.4) is 0 Å². The number of carbonyl (C=O) groups excluding carboxylic acids is 1. The van der Waals surface area contributed by atoms with Crippen LogP contribution in [0.2, 0.25) is 5.02 Å². The summed E-state index contributed by atoms with van der Waals surface area (Å²) in [7, 11) is 0. The lowest BCUT2D eigenvalue weighted by Crippen LogP contribution is -2.18. The Morgan fingerprint density at radius 3 is 2.32 bits per heavy atom. The van der Waals surface area contributed by atoms with Crippen LogP contribution in [-0.4, -0.2) is 23.8 Å². The second-order valence-electron chi connectivity index (χ2n) is 5.46. The molecule has 112 valence electrons. The van der Waals surface area contributed by atoms with Crippen LogP contribution in [0.4, 0.5) is 0 Å². The number of nitrogens with zero attached hydrogens (tertiary/aromatic N) is 1. The van der Waals surface area contributed by atoms with Crippen molar-refractivity contribution in [2.75, 3.05) is 13.1 Å². The van der Waals surface area contributed by atoms with Crippen LogP contribution in [0, 0.1) is 0 Å². The highest BCUT2D eigenvalue weighted by Crippen LogP contribution is 2.25. The molecule has 0 radical (unpaired) electrons. The van der Waals surface area contributed by atoms with Crippen LogP contribution in [0.5, 0.6) is 0 Å². The van der Waals surface area contributed by atoms with Gasteiger partial charge in [-0.15, -0.1) is 0 Å². The van der Waals surface area contributed by atoms with Gasteiger partial charge >= 0.3 is 0 Å². The number of hydrogen-bond acceptors (Lipinski definition) is 2. The number of likely N-dealkylation sites (tertiary alicyclic amines) is 1. The number of hydrogen-bond donors (Lipinski definition) is 0. The first-order valence-corrected chi connectivity index (χ1v) is 7.94. The molecule has 3 heteroatoms. The van der Waals surface area contributed by atoms with Crippen LogP contribution >= 0.6 is 11.6 Å². The van der Waals surface area contributed by atoms with Crippen LogP contribution in [0.15, 0.2) is 60.7 Å². The Bertz CT molecular complexity index is 688. The maximum Gasteiger partial charge on any atom is 0.187 e. The van der Waals surface area contributed by atoms with E-state index in [0.717, 1.165) is 24.4 Å². The van der Waals surface area contributed by atoms with E-state index in [4.69, 9.17) is 11.6 Å². The molecule has 0 N–H and O–H groups in total. The second kappa shape index (κ2) is 6.80. The monoisotopic (exact) mass is 311 g/mol. The summed E-state index contributed by atoms with van der Waals surface area (Å²) in [5.74, 6) is -0.00625. The lowest BCUT2D eigenvalue weighted by atomic mass is 10.1. The van der Waals surface area contributed by atoms with Gasteiger partial charge in [0.1, 0.15) is 0 Å². The third kappa shape index (κ3) is 3.40. The highest BCUT2D eigenvalue weighted by Gasteiger charge is 2.17. The highest BCUT2D eigenvalue weighted by atomic mass is 35.5. The van der Waals surface area contributed by atoms with E-state index < -0.39 is 0 Å². The smallest absolute Gasteiger partial charge is 0.187 e. The van der Waals surface area contributed by atoms with E-state index >= 15 is 0 Å². The van der Waals surface area contributed by atoms with E-state index in [1.807, 2.05) is 18.2 Å². The molecule has 22 heavy (non-hydrogen) atoms. The highest BCUT2D eigenvalue weighted by molar-refractivity contribution is 6.31. The summed E-state index contributed by atoms with van der Waals surface area (Å²) in [5, 5.41) is 0.585. The fourth-order valence-electron chi connectivity index (χ4n) is 2.77. The minimum absolute atomic E-state index is 0.00625. The fourth-order valence-corrected chi connectivity index (χ4v) is 2.96. The SMILES string of the molecule is O=C(/C=C(/c1ccccc1)N1CCCC1)c1cccc(Cl)c1. The Kier molecular flexibility index (Phi) is 4.59. The van der Waals surface area contributed by atoms with E-state index in [-0.39, 0.29) is 5.78 Å². The van der Waals surface area contributed by atoms with Crippen molar-refractivity contribution >= 4 is 23.1 Å². The zero-order valence-corrected chi connectivity index (χ0v) is 13.1. The molecule has 0 aliphatic carbocycles. The van der Waals surface area contributed by atoms with Crippen molar-refractivity contribution in [1.29, 1.82) is 0 Å². The summed E-state index contributed by atoms with van der Waals surface area (Å²) in [6, 6.07) is 17.2. The molecule has 0 bridgehead atoms. The van der Waals surface area contributed by atoms with Gasteiger partial charge in [0, 0.05) is 35.4 Å². The van der Waals surface area contributed by atoms with Crippen LogP contribution < -0.4 is 0 Å². The zero-order chi connectivity index (χ0) is 15.4. The van der Waals surface area contributed by atoms with Crippen molar-refractivity contribution in [1.82, 2.24) is 4.90 Å². The van der Waals surface area contributed by atoms with Gasteiger partial charge in [0.2, 0.25) is 0 Å². The van der Waals surface area contributed by atoms with Crippen molar-refractivity contribution in [3.8, 4) is 0 Å². The van der Waals surface area contributed by atoms with Crippen molar-refractivity contribution in [3.05, 3.63) is 76.8 Å². The Labute approximate surface area is 136 Å². The first kappa shape index (κ1) is 14.9. The Morgan fingerprint density at radius 1 is 0.955 bits per heavy atom. The van der Waals surface area contributed by atoms with Gasteiger partial charge in [0.25, 0.3) is 0 Å². The predicted octanol–water partition coefficient (Wildman–Crippen LogP) is 4.66. The molecule has 0 saturated carbocycles. The molecular weight excluding hydrogens is 294 g/mol. The molecule has 0 aromatic heterocycles. The molecule has 0 atom stereocenters. The average Bonchev–Trinajstić information content (AvgIpc) is 3.07. The summed E-state index contributed by atoms with van der Waals surface area (Å²) in [6.07, 6.45) is 4.09. The topological polar surface area (TPSA) is 20.3 Å².